The molecule has 8 rings (SSSR count). The first kappa shape index (κ1) is 34.4. The first-order chi connectivity index (χ1) is 25.7. The first-order valence-electron chi connectivity index (χ1n) is 17.2. The van der Waals surface area contributed by atoms with Crippen LogP contribution < -0.4 is 9.64 Å². The molecular weight excluding hydrogens is 693 g/mol. The van der Waals surface area contributed by atoms with E-state index in [1.165, 1.54) is 29.4 Å². The van der Waals surface area contributed by atoms with E-state index in [1.807, 2.05) is 4.90 Å². The summed E-state index contributed by atoms with van der Waals surface area (Å²) >= 11 is 0. The molecule has 9 nitrogen and oxygen atoms in total. The molecule has 14 heteroatoms. The zero-order valence-electron chi connectivity index (χ0n) is 28.3. The van der Waals surface area contributed by atoms with Gasteiger partial charge in [0.1, 0.15) is 29.8 Å². The SMILES string of the molecule is C#Cc1c(F)c(F)cc2cccc(-c3ncc4c(N5CCN(C(=O)/C(F)=C/c6ccccn6)CC5)nc(OCC56CCCN5C[C@H](F)C6)nc4c3F)c12. The van der Waals surface area contributed by atoms with Crippen molar-refractivity contribution in [3.05, 3.63) is 89.4 Å². The average Bonchev–Trinajstić information content (AvgIpc) is 3.70. The third-order valence-corrected chi connectivity index (χ3v) is 10.4. The maximum Gasteiger partial charge on any atom is 0.319 e. The molecule has 3 aliphatic heterocycles. The van der Waals surface area contributed by atoms with Crippen molar-refractivity contribution in [1.29, 1.82) is 0 Å². The molecule has 3 aromatic heterocycles. The van der Waals surface area contributed by atoms with E-state index in [2.05, 4.69) is 30.8 Å². The molecule has 3 aliphatic rings. The smallest absolute Gasteiger partial charge is 0.319 e. The molecule has 0 saturated carbocycles. The summed E-state index contributed by atoms with van der Waals surface area (Å²) in [7, 11) is 0. The van der Waals surface area contributed by atoms with E-state index in [0.29, 0.717) is 18.7 Å². The number of nitrogens with zero attached hydrogens (tertiary/aromatic N) is 7. The summed E-state index contributed by atoms with van der Waals surface area (Å²) in [4.78, 5) is 35.8. The van der Waals surface area contributed by atoms with Gasteiger partial charge in [0.05, 0.1) is 22.2 Å². The number of pyridine rings is 2. The summed E-state index contributed by atoms with van der Waals surface area (Å²) in [5.41, 5.74) is -0.830. The average molecular weight is 726 g/mol. The molecule has 2 atom stereocenters. The molecule has 0 bridgehead atoms. The molecule has 0 N–H and O–H groups in total. The van der Waals surface area contributed by atoms with Gasteiger partial charge in [-0.15, -0.1) is 6.42 Å². The largest absolute Gasteiger partial charge is 0.461 e. The topological polar surface area (TPSA) is 87.6 Å². The molecule has 6 heterocycles. The lowest BCUT2D eigenvalue weighted by molar-refractivity contribution is -0.128. The summed E-state index contributed by atoms with van der Waals surface area (Å²) in [6.45, 7) is 1.81. The van der Waals surface area contributed by atoms with Crippen molar-refractivity contribution in [3.8, 4) is 29.6 Å². The van der Waals surface area contributed by atoms with Crippen molar-refractivity contribution in [2.45, 2.75) is 31.0 Å². The van der Waals surface area contributed by atoms with Crippen molar-refractivity contribution >= 4 is 39.5 Å². The molecule has 0 radical (unpaired) electrons. The molecule has 53 heavy (non-hydrogen) atoms. The highest BCUT2D eigenvalue weighted by Gasteiger charge is 2.49. The lowest BCUT2D eigenvalue weighted by atomic mass is 9.95. The van der Waals surface area contributed by atoms with Gasteiger partial charge in [-0.3, -0.25) is 19.7 Å². The van der Waals surface area contributed by atoms with E-state index in [0.717, 1.165) is 31.5 Å². The van der Waals surface area contributed by atoms with Crippen molar-refractivity contribution < 1.29 is 31.5 Å². The standard InChI is InChI=1S/C39H32F5N7O2/c1-2-26-31-23(17-29(41)32(26)43)7-5-9-27(31)34-33(44)35-28(20-46-34)36(48-38(47-35)53-22-39-10-6-12-51(39)21-24(40)19-39)49-13-15-50(16-14-49)37(52)30(42)18-25-8-3-4-11-45-25/h1,3-5,7-9,11,17-18,20,24H,6,10,12-16,19,21-22H2/b30-18-/t24-,39?/m1/s1. The van der Waals surface area contributed by atoms with Gasteiger partial charge in [-0.2, -0.15) is 9.97 Å². The molecule has 2 aromatic carbocycles. The second-order valence-corrected chi connectivity index (χ2v) is 13.5. The summed E-state index contributed by atoms with van der Waals surface area (Å²) in [6, 6.07) is 10.4. The fourth-order valence-corrected chi connectivity index (χ4v) is 7.82. The maximum absolute atomic E-state index is 16.9. The molecule has 0 aliphatic carbocycles. The van der Waals surface area contributed by atoms with Gasteiger partial charge >= 0.3 is 6.01 Å². The maximum atomic E-state index is 16.9. The van der Waals surface area contributed by atoms with E-state index in [9.17, 15) is 22.4 Å². The van der Waals surface area contributed by atoms with Crippen LogP contribution in [0.1, 0.15) is 30.5 Å². The molecule has 3 fully saturated rings. The number of terminal acetylenes is 1. The van der Waals surface area contributed by atoms with Gasteiger partial charge in [0, 0.05) is 68.6 Å². The summed E-state index contributed by atoms with van der Waals surface area (Å²) < 4.78 is 81.8. The number of ether oxygens (including phenoxy) is 1. The van der Waals surface area contributed by atoms with Crippen molar-refractivity contribution in [2.75, 3.05) is 50.8 Å². The zero-order valence-corrected chi connectivity index (χ0v) is 28.3. The number of alkyl halides is 1. The van der Waals surface area contributed by atoms with Crippen LogP contribution in [0, 0.1) is 29.8 Å². The van der Waals surface area contributed by atoms with E-state index < -0.39 is 40.9 Å². The molecule has 3 saturated heterocycles. The summed E-state index contributed by atoms with van der Waals surface area (Å²) in [5, 5.41) is 0.586. The van der Waals surface area contributed by atoms with Crippen LogP contribution >= 0.6 is 0 Å². The van der Waals surface area contributed by atoms with Crippen molar-refractivity contribution in [1.82, 2.24) is 29.7 Å². The van der Waals surface area contributed by atoms with E-state index >= 15 is 4.39 Å². The summed E-state index contributed by atoms with van der Waals surface area (Å²) in [6.07, 6.45) is 10.5. The zero-order chi connectivity index (χ0) is 36.9. The number of benzene rings is 2. The number of hydrogen-bond acceptors (Lipinski definition) is 8. The Labute approximate surface area is 301 Å². The number of aromatic nitrogens is 4. The number of piperazine rings is 1. The van der Waals surface area contributed by atoms with Gasteiger partial charge in [0.25, 0.3) is 5.91 Å². The lowest BCUT2D eigenvalue weighted by Crippen LogP contribution is -2.49. The van der Waals surface area contributed by atoms with Crippen molar-refractivity contribution in [2.24, 2.45) is 0 Å². The minimum absolute atomic E-state index is 0.0851. The number of anilines is 1. The number of carbonyl (C=O) groups is 1. The van der Waals surface area contributed by atoms with Gasteiger partial charge in [-0.25, -0.2) is 22.0 Å². The predicted molar refractivity (Wildman–Crippen MR) is 189 cm³/mol. The third kappa shape index (κ3) is 6.18. The highest BCUT2D eigenvalue weighted by atomic mass is 19.2. The van der Waals surface area contributed by atoms with E-state index in [4.69, 9.17) is 11.2 Å². The highest BCUT2D eigenvalue weighted by molar-refractivity contribution is 6.02. The minimum Gasteiger partial charge on any atom is -0.461 e. The fraction of sp³-hybridized carbons (Fsp3) is 0.308. The molecule has 0 spiro atoms. The number of carbonyl (C=O) groups excluding carboxylic acids is 1. The molecule has 1 unspecified atom stereocenters. The number of halogens is 5. The van der Waals surface area contributed by atoms with Gasteiger partial charge in [-0.1, -0.05) is 30.2 Å². The monoisotopic (exact) mass is 725 g/mol. The summed E-state index contributed by atoms with van der Waals surface area (Å²) in [5.74, 6) is -2.52. The normalized spacial score (nSPS) is 20.6. The number of hydrogen-bond donors (Lipinski definition) is 0. The molecule has 1 amide bonds. The van der Waals surface area contributed by atoms with Gasteiger partial charge < -0.3 is 14.5 Å². The molecular formula is C39H32F5N7O2. The number of fused-ring (bicyclic) bond motifs is 3. The predicted octanol–water partition coefficient (Wildman–Crippen LogP) is 6.25. The Morgan fingerprint density at radius 1 is 1.04 bits per heavy atom. The van der Waals surface area contributed by atoms with Crippen LogP contribution in [0.5, 0.6) is 6.01 Å². The minimum atomic E-state index is -1.23. The van der Waals surface area contributed by atoms with Crippen molar-refractivity contribution in [3.63, 3.8) is 0 Å². The fourth-order valence-electron chi connectivity index (χ4n) is 7.82. The van der Waals surface area contributed by atoms with E-state index in [1.54, 1.807) is 24.3 Å². The Bertz CT molecular complexity index is 2330. The second-order valence-electron chi connectivity index (χ2n) is 13.5. The Morgan fingerprint density at radius 2 is 1.87 bits per heavy atom. The Balaban J connectivity index is 1.16. The Morgan fingerprint density at radius 3 is 2.64 bits per heavy atom. The second kappa shape index (κ2) is 13.7. The lowest BCUT2D eigenvalue weighted by Gasteiger charge is -2.35. The molecule has 270 valence electrons. The van der Waals surface area contributed by atoms with E-state index in [-0.39, 0.29) is 83.1 Å². The van der Waals surface area contributed by atoms with Gasteiger partial charge in [-0.05, 0) is 43.0 Å². The van der Waals surface area contributed by atoms with Crippen LogP contribution in [0.15, 0.2) is 60.7 Å². The Hall–Kier alpha value is -5.68. The van der Waals surface area contributed by atoms with Crippen LogP contribution in [-0.2, 0) is 4.79 Å². The molecule has 5 aromatic rings. The highest BCUT2D eigenvalue weighted by Crippen LogP contribution is 2.41. The third-order valence-electron chi connectivity index (χ3n) is 10.4. The number of rotatable bonds is 7. The van der Waals surface area contributed by atoms with Crippen LogP contribution in [0.4, 0.5) is 27.8 Å². The Kier molecular flexibility index (Phi) is 8.90. The van der Waals surface area contributed by atoms with Crippen LogP contribution in [0.2, 0.25) is 0 Å². The van der Waals surface area contributed by atoms with Crippen LogP contribution in [0.25, 0.3) is 39.0 Å². The van der Waals surface area contributed by atoms with Crippen LogP contribution in [-0.4, -0.2) is 93.2 Å². The quantitative estimate of drug-likeness (QED) is 0.111. The van der Waals surface area contributed by atoms with Gasteiger partial charge in [0.15, 0.2) is 23.3 Å². The van der Waals surface area contributed by atoms with Gasteiger partial charge in [0.2, 0.25) is 0 Å². The van der Waals surface area contributed by atoms with Crippen LogP contribution in [0.3, 0.4) is 0 Å². The first-order valence-corrected chi connectivity index (χ1v) is 17.2. The number of amides is 1.